The van der Waals surface area contributed by atoms with E-state index in [1.165, 1.54) is 13.8 Å². The summed E-state index contributed by atoms with van der Waals surface area (Å²) in [7, 11) is 0. The van der Waals surface area contributed by atoms with Gasteiger partial charge in [-0.3, -0.25) is 14.4 Å². The average molecular weight is 286 g/mol. The number of carbonyl (C=O) groups excluding carboxylic acids is 4. The second kappa shape index (κ2) is 9.54. The molecular weight excluding hydrogens is 268 g/mol. The molecule has 0 aromatic heterocycles. The highest BCUT2D eigenvalue weighted by atomic mass is 16.6. The quantitative estimate of drug-likeness (QED) is 0.200. The predicted octanol–water partition coefficient (Wildman–Crippen LogP) is -0.751. The van der Waals surface area contributed by atoms with Gasteiger partial charge in [-0.05, 0) is 6.92 Å². The highest BCUT2D eigenvalue weighted by Gasteiger charge is 2.10. The van der Waals surface area contributed by atoms with Crippen molar-refractivity contribution in [2.75, 3.05) is 19.9 Å². The molecule has 0 radical (unpaired) electrons. The van der Waals surface area contributed by atoms with Crippen LogP contribution < -0.4 is 10.6 Å². The summed E-state index contributed by atoms with van der Waals surface area (Å²) < 4.78 is 9.36. The number of carbonyl (C=O) groups is 4. The number of nitrogens with one attached hydrogen (secondary N) is 2. The second-order valence-electron chi connectivity index (χ2n) is 3.82. The molecule has 112 valence electrons. The molecule has 8 heteroatoms. The molecule has 0 fully saturated rings. The van der Waals surface area contributed by atoms with E-state index in [9.17, 15) is 19.2 Å². The Kier molecular flexibility index (Phi) is 8.40. The summed E-state index contributed by atoms with van der Waals surface area (Å²) in [5.41, 5.74) is 0.244. The molecule has 0 aliphatic rings. The number of amides is 2. The second-order valence-corrected chi connectivity index (χ2v) is 3.82. The third kappa shape index (κ3) is 9.63. The van der Waals surface area contributed by atoms with E-state index in [-0.39, 0.29) is 31.4 Å². The minimum absolute atomic E-state index is 0.0579. The van der Waals surface area contributed by atoms with E-state index in [0.29, 0.717) is 0 Å². The summed E-state index contributed by atoms with van der Waals surface area (Å²) in [5.74, 6) is -2.21. The lowest BCUT2D eigenvalue weighted by Gasteiger charge is -2.07. The number of ether oxygens (including phenoxy) is 2. The Morgan fingerprint density at radius 3 is 2.15 bits per heavy atom. The molecule has 2 amide bonds. The van der Waals surface area contributed by atoms with Crippen molar-refractivity contribution in [3.05, 3.63) is 12.2 Å². The van der Waals surface area contributed by atoms with Crippen molar-refractivity contribution in [3.63, 3.8) is 0 Å². The van der Waals surface area contributed by atoms with Crippen molar-refractivity contribution in [3.8, 4) is 0 Å². The summed E-state index contributed by atoms with van der Waals surface area (Å²) >= 11 is 0. The first-order valence-electron chi connectivity index (χ1n) is 5.82. The van der Waals surface area contributed by atoms with Crippen LogP contribution in [0.2, 0.25) is 0 Å². The molecule has 2 N–H and O–H groups in total. The Hall–Kier alpha value is -2.38. The Labute approximate surface area is 116 Å². The van der Waals surface area contributed by atoms with Crippen molar-refractivity contribution in [2.45, 2.75) is 20.3 Å². The van der Waals surface area contributed by atoms with Gasteiger partial charge in [0.05, 0.1) is 6.67 Å². The van der Waals surface area contributed by atoms with Gasteiger partial charge in [-0.2, -0.15) is 0 Å². The zero-order valence-electron chi connectivity index (χ0n) is 11.5. The normalized spacial score (nSPS) is 9.30. The minimum atomic E-state index is -0.753. The van der Waals surface area contributed by atoms with Crippen molar-refractivity contribution < 1.29 is 28.7 Å². The molecule has 0 saturated carbocycles. The van der Waals surface area contributed by atoms with Gasteiger partial charge in [0.2, 0.25) is 11.8 Å². The maximum absolute atomic E-state index is 11.2. The molecule has 0 atom stereocenters. The largest absolute Gasteiger partial charge is 0.462 e. The van der Waals surface area contributed by atoms with Gasteiger partial charge < -0.3 is 20.1 Å². The van der Waals surface area contributed by atoms with Crippen LogP contribution in [-0.4, -0.2) is 43.6 Å². The summed E-state index contributed by atoms with van der Waals surface area (Å²) in [6, 6.07) is 0. The highest BCUT2D eigenvalue weighted by Crippen LogP contribution is 1.92. The number of esters is 2. The number of hydrogen-bond acceptors (Lipinski definition) is 6. The molecular formula is C12H18N2O6. The lowest BCUT2D eigenvalue weighted by Crippen LogP contribution is -2.37. The van der Waals surface area contributed by atoms with Crippen molar-refractivity contribution in [1.29, 1.82) is 0 Å². The van der Waals surface area contributed by atoms with Gasteiger partial charge in [0.25, 0.3) is 0 Å². The highest BCUT2D eigenvalue weighted by molar-refractivity contribution is 5.94. The van der Waals surface area contributed by atoms with Crippen molar-refractivity contribution >= 4 is 23.8 Å². The third-order valence-electron chi connectivity index (χ3n) is 1.86. The van der Waals surface area contributed by atoms with Crippen LogP contribution in [0.3, 0.4) is 0 Å². The Morgan fingerprint density at radius 1 is 1.00 bits per heavy atom. The average Bonchev–Trinajstić information content (AvgIpc) is 2.33. The van der Waals surface area contributed by atoms with Crippen molar-refractivity contribution in [1.82, 2.24) is 10.6 Å². The number of hydrogen-bond donors (Lipinski definition) is 2. The van der Waals surface area contributed by atoms with Gasteiger partial charge in [0.1, 0.15) is 19.6 Å². The zero-order chi connectivity index (χ0) is 15.5. The lowest BCUT2D eigenvalue weighted by atomic mass is 10.4. The van der Waals surface area contributed by atoms with Gasteiger partial charge in [-0.1, -0.05) is 6.58 Å². The van der Waals surface area contributed by atoms with Gasteiger partial charge in [-0.15, -0.1) is 0 Å². The van der Waals surface area contributed by atoms with Gasteiger partial charge >= 0.3 is 11.9 Å². The molecule has 8 nitrogen and oxygen atoms in total. The zero-order valence-corrected chi connectivity index (χ0v) is 11.5. The minimum Gasteiger partial charge on any atom is -0.462 e. The standard InChI is InChI=1S/C12H18N2O6/c1-8(2)12(18)20-5-4-19-11(17)6-10(16)14-7-13-9(3)15/h1,4-7H2,2-3H3,(H,13,15)(H,14,16). The van der Waals surface area contributed by atoms with E-state index in [2.05, 4.69) is 26.7 Å². The fourth-order valence-corrected chi connectivity index (χ4v) is 0.925. The van der Waals surface area contributed by atoms with Crippen LogP contribution in [0.15, 0.2) is 12.2 Å². The molecule has 0 unspecified atom stereocenters. The maximum atomic E-state index is 11.2. The molecule has 0 aliphatic heterocycles. The van der Waals surface area contributed by atoms with Crippen LogP contribution in [0, 0.1) is 0 Å². The molecule has 0 aromatic carbocycles. The van der Waals surface area contributed by atoms with Crippen LogP contribution in [0.5, 0.6) is 0 Å². The molecule has 0 aliphatic carbocycles. The third-order valence-corrected chi connectivity index (χ3v) is 1.86. The molecule has 0 aromatic rings. The summed E-state index contributed by atoms with van der Waals surface area (Å²) in [6.07, 6.45) is -0.478. The Morgan fingerprint density at radius 2 is 1.60 bits per heavy atom. The van der Waals surface area contributed by atoms with Crippen LogP contribution in [-0.2, 0) is 28.7 Å². The number of rotatable bonds is 8. The van der Waals surface area contributed by atoms with E-state index in [1.807, 2.05) is 0 Å². The van der Waals surface area contributed by atoms with Crippen molar-refractivity contribution in [2.24, 2.45) is 0 Å². The summed E-state index contributed by atoms with van der Waals surface area (Å²) in [5, 5.41) is 4.64. The van der Waals surface area contributed by atoms with E-state index in [0.717, 1.165) is 0 Å². The molecule has 0 bridgehead atoms. The predicted molar refractivity (Wildman–Crippen MR) is 68.2 cm³/mol. The van der Waals surface area contributed by atoms with E-state index in [4.69, 9.17) is 0 Å². The van der Waals surface area contributed by atoms with Crippen LogP contribution in [0.4, 0.5) is 0 Å². The SMILES string of the molecule is C=C(C)C(=O)OCCOC(=O)CC(=O)NCNC(C)=O. The fraction of sp³-hybridized carbons (Fsp3) is 0.500. The van der Waals surface area contributed by atoms with Gasteiger partial charge in [0.15, 0.2) is 0 Å². The first-order valence-corrected chi connectivity index (χ1v) is 5.82. The smallest absolute Gasteiger partial charge is 0.333 e. The monoisotopic (exact) mass is 286 g/mol. The van der Waals surface area contributed by atoms with E-state index >= 15 is 0 Å². The summed E-state index contributed by atoms with van der Waals surface area (Å²) in [6.45, 7) is 5.87. The van der Waals surface area contributed by atoms with Crippen LogP contribution in [0.1, 0.15) is 20.3 Å². The molecule has 0 rings (SSSR count). The van der Waals surface area contributed by atoms with E-state index in [1.54, 1.807) is 0 Å². The Bertz CT molecular complexity index is 405. The van der Waals surface area contributed by atoms with Gasteiger partial charge in [-0.25, -0.2) is 4.79 Å². The molecule has 0 saturated heterocycles. The van der Waals surface area contributed by atoms with Gasteiger partial charge in [0, 0.05) is 12.5 Å². The Balaban J connectivity index is 3.67. The van der Waals surface area contributed by atoms with Crippen LogP contribution >= 0.6 is 0 Å². The molecule has 20 heavy (non-hydrogen) atoms. The first-order chi connectivity index (χ1) is 9.32. The van der Waals surface area contributed by atoms with E-state index < -0.39 is 24.3 Å². The first kappa shape index (κ1) is 17.6. The summed E-state index contributed by atoms with van der Waals surface area (Å²) in [4.78, 5) is 43.9. The lowest BCUT2D eigenvalue weighted by molar-refractivity contribution is -0.151. The fourth-order valence-electron chi connectivity index (χ4n) is 0.925. The van der Waals surface area contributed by atoms with Crippen LogP contribution in [0.25, 0.3) is 0 Å². The maximum Gasteiger partial charge on any atom is 0.333 e. The topological polar surface area (TPSA) is 111 Å². The molecule has 0 heterocycles. The molecule has 0 spiro atoms.